The molecular weight excluding hydrogens is 330 g/mol. The number of methoxy groups -OCH3 is 1. The van der Waals surface area contributed by atoms with E-state index < -0.39 is 5.60 Å². The number of rotatable bonds is 5. The van der Waals surface area contributed by atoms with Crippen LogP contribution in [-0.4, -0.2) is 42.4 Å². The zero-order chi connectivity index (χ0) is 15.3. The van der Waals surface area contributed by atoms with Gasteiger partial charge in [-0.15, -0.1) is 0 Å². The molecule has 1 aromatic carbocycles. The van der Waals surface area contributed by atoms with Gasteiger partial charge in [-0.05, 0) is 62.5 Å². The summed E-state index contributed by atoms with van der Waals surface area (Å²) in [4.78, 5) is 2.47. The maximum Gasteiger partial charge on any atom is 0.119 e. The van der Waals surface area contributed by atoms with Crippen LogP contribution in [0.25, 0.3) is 0 Å². The molecule has 1 N–H and O–H groups in total. The van der Waals surface area contributed by atoms with Gasteiger partial charge in [0.05, 0.1) is 12.7 Å². The minimum Gasteiger partial charge on any atom is -0.497 e. The quantitative estimate of drug-likeness (QED) is 0.875. The van der Waals surface area contributed by atoms with Crippen LogP contribution in [0.2, 0.25) is 0 Å². The van der Waals surface area contributed by atoms with Crippen LogP contribution in [0.15, 0.2) is 22.7 Å². The van der Waals surface area contributed by atoms with Crippen LogP contribution in [0.1, 0.15) is 38.2 Å². The summed E-state index contributed by atoms with van der Waals surface area (Å²) in [6.07, 6.45) is 4.65. The molecule has 0 aliphatic carbocycles. The molecule has 21 heavy (non-hydrogen) atoms. The van der Waals surface area contributed by atoms with Gasteiger partial charge < -0.3 is 14.7 Å². The molecule has 1 fully saturated rings. The summed E-state index contributed by atoms with van der Waals surface area (Å²) in [5, 5.41) is 11.0. The first-order valence-electron chi connectivity index (χ1n) is 7.83. The second-order valence-corrected chi connectivity index (χ2v) is 6.91. The van der Waals surface area contributed by atoms with Gasteiger partial charge in [0.1, 0.15) is 5.75 Å². The highest BCUT2D eigenvalue weighted by Gasteiger charge is 2.30. The van der Waals surface area contributed by atoms with Crippen LogP contribution in [0.5, 0.6) is 5.75 Å². The number of halogens is 1. The van der Waals surface area contributed by atoms with E-state index in [1.807, 2.05) is 18.2 Å². The third-order valence-electron chi connectivity index (χ3n) is 4.32. The van der Waals surface area contributed by atoms with E-state index in [-0.39, 0.29) is 0 Å². The summed E-state index contributed by atoms with van der Waals surface area (Å²) in [6, 6.07) is 5.96. The SMILES string of the molecule is CCCN1CCCC(O)(Cc2cc(OC)ccc2Br)CC1. The summed E-state index contributed by atoms with van der Waals surface area (Å²) in [5.74, 6) is 0.845. The van der Waals surface area contributed by atoms with Crippen molar-refractivity contribution >= 4 is 15.9 Å². The minimum absolute atomic E-state index is 0.600. The topological polar surface area (TPSA) is 32.7 Å². The third-order valence-corrected chi connectivity index (χ3v) is 5.10. The first-order chi connectivity index (χ1) is 10.1. The Bertz CT molecular complexity index is 466. The molecule has 1 heterocycles. The van der Waals surface area contributed by atoms with Crippen molar-refractivity contribution in [3.8, 4) is 5.75 Å². The molecule has 1 aromatic rings. The van der Waals surface area contributed by atoms with E-state index in [0.717, 1.165) is 54.7 Å². The van der Waals surface area contributed by atoms with Crippen molar-refractivity contribution in [2.24, 2.45) is 0 Å². The van der Waals surface area contributed by atoms with Crippen LogP contribution in [0, 0.1) is 0 Å². The first kappa shape index (κ1) is 16.8. The molecule has 0 bridgehead atoms. The Morgan fingerprint density at radius 3 is 2.86 bits per heavy atom. The van der Waals surface area contributed by atoms with Gasteiger partial charge in [0.15, 0.2) is 0 Å². The number of nitrogens with zero attached hydrogens (tertiary/aromatic N) is 1. The average Bonchev–Trinajstić information content (AvgIpc) is 2.64. The molecule has 1 saturated heterocycles. The maximum absolute atomic E-state index is 11.0. The summed E-state index contributed by atoms with van der Waals surface area (Å²) < 4.78 is 6.34. The van der Waals surface area contributed by atoms with Gasteiger partial charge >= 0.3 is 0 Å². The Morgan fingerprint density at radius 2 is 2.14 bits per heavy atom. The van der Waals surface area contributed by atoms with Crippen LogP contribution < -0.4 is 4.74 Å². The highest BCUT2D eigenvalue weighted by atomic mass is 79.9. The number of likely N-dealkylation sites (tertiary alicyclic amines) is 1. The second kappa shape index (κ2) is 7.61. The molecule has 118 valence electrons. The van der Waals surface area contributed by atoms with Crippen molar-refractivity contribution in [3.05, 3.63) is 28.2 Å². The Labute approximate surface area is 136 Å². The fraction of sp³-hybridized carbons (Fsp3) is 0.647. The smallest absolute Gasteiger partial charge is 0.119 e. The molecule has 1 aliphatic heterocycles. The van der Waals surface area contributed by atoms with Crippen LogP contribution in [-0.2, 0) is 6.42 Å². The van der Waals surface area contributed by atoms with Crippen molar-refractivity contribution in [1.82, 2.24) is 4.90 Å². The van der Waals surface area contributed by atoms with Gasteiger partial charge in [0.25, 0.3) is 0 Å². The first-order valence-corrected chi connectivity index (χ1v) is 8.63. The molecule has 0 amide bonds. The van der Waals surface area contributed by atoms with E-state index in [1.54, 1.807) is 7.11 Å². The molecule has 3 nitrogen and oxygen atoms in total. The average molecular weight is 356 g/mol. The number of ether oxygens (including phenoxy) is 1. The molecule has 1 atom stereocenters. The maximum atomic E-state index is 11.0. The number of benzene rings is 1. The van der Waals surface area contributed by atoms with Crippen molar-refractivity contribution in [2.75, 3.05) is 26.7 Å². The minimum atomic E-state index is -0.600. The number of hydrogen-bond acceptors (Lipinski definition) is 3. The summed E-state index contributed by atoms with van der Waals surface area (Å²) >= 11 is 3.59. The molecule has 2 rings (SSSR count). The molecule has 0 aromatic heterocycles. The lowest BCUT2D eigenvalue weighted by atomic mass is 9.88. The lowest BCUT2D eigenvalue weighted by Gasteiger charge is -2.27. The molecule has 0 radical (unpaired) electrons. The van der Waals surface area contributed by atoms with Crippen molar-refractivity contribution in [3.63, 3.8) is 0 Å². The Kier molecular flexibility index (Phi) is 6.08. The van der Waals surface area contributed by atoms with E-state index in [4.69, 9.17) is 4.74 Å². The van der Waals surface area contributed by atoms with E-state index >= 15 is 0 Å². The Hall–Kier alpha value is -0.580. The number of aliphatic hydroxyl groups is 1. The predicted octanol–water partition coefficient (Wildman–Crippen LogP) is 3.63. The monoisotopic (exact) mass is 355 g/mol. The van der Waals surface area contributed by atoms with Gasteiger partial charge in [-0.3, -0.25) is 0 Å². The van der Waals surface area contributed by atoms with Crippen LogP contribution in [0.4, 0.5) is 0 Å². The van der Waals surface area contributed by atoms with Crippen molar-refractivity contribution < 1.29 is 9.84 Å². The Morgan fingerprint density at radius 1 is 1.33 bits per heavy atom. The standard InChI is InChI=1S/C17H26BrNO2/c1-3-9-19-10-4-7-17(20,8-11-19)13-14-12-15(21-2)5-6-16(14)18/h5-6,12,20H,3-4,7-11,13H2,1-2H3. The van der Waals surface area contributed by atoms with Gasteiger partial charge in [-0.2, -0.15) is 0 Å². The number of hydrogen-bond donors (Lipinski definition) is 1. The van der Waals surface area contributed by atoms with E-state index in [9.17, 15) is 5.11 Å². The van der Waals surface area contributed by atoms with Crippen LogP contribution >= 0.6 is 15.9 Å². The predicted molar refractivity (Wildman–Crippen MR) is 89.9 cm³/mol. The second-order valence-electron chi connectivity index (χ2n) is 6.05. The highest BCUT2D eigenvalue weighted by Crippen LogP contribution is 2.31. The summed E-state index contributed by atoms with van der Waals surface area (Å²) in [6.45, 7) is 5.45. The Balaban J connectivity index is 2.07. The normalized spacial score (nSPS) is 23.8. The lowest BCUT2D eigenvalue weighted by Crippen LogP contribution is -2.33. The summed E-state index contributed by atoms with van der Waals surface area (Å²) in [5.41, 5.74) is 0.526. The van der Waals surface area contributed by atoms with Gasteiger partial charge in [0, 0.05) is 17.4 Å². The molecule has 4 heteroatoms. The third kappa shape index (κ3) is 4.70. The highest BCUT2D eigenvalue weighted by molar-refractivity contribution is 9.10. The van der Waals surface area contributed by atoms with Crippen molar-refractivity contribution in [1.29, 1.82) is 0 Å². The van der Waals surface area contributed by atoms with Gasteiger partial charge in [0.2, 0.25) is 0 Å². The molecule has 1 unspecified atom stereocenters. The molecule has 0 spiro atoms. The van der Waals surface area contributed by atoms with E-state index in [2.05, 4.69) is 27.8 Å². The zero-order valence-corrected chi connectivity index (χ0v) is 14.7. The van der Waals surface area contributed by atoms with Gasteiger partial charge in [-0.1, -0.05) is 22.9 Å². The molecule has 1 aliphatic rings. The molecular formula is C17H26BrNO2. The van der Waals surface area contributed by atoms with E-state index in [0.29, 0.717) is 6.42 Å². The fourth-order valence-electron chi connectivity index (χ4n) is 3.12. The summed E-state index contributed by atoms with van der Waals surface area (Å²) in [7, 11) is 1.68. The van der Waals surface area contributed by atoms with Crippen molar-refractivity contribution in [2.45, 2.75) is 44.6 Å². The zero-order valence-electron chi connectivity index (χ0n) is 13.1. The van der Waals surface area contributed by atoms with E-state index in [1.165, 1.54) is 6.42 Å². The van der Waals surface area contributed by atoms with Gasteiger partial charge in [-0.25, -0.2) is 0 Å². The largest absolute Gasteiger partial charge is 0.497 e. The lowest BCUT2D eigenvalue weighted by molar-refractivity contribution is 0.0255. The molecule has 0 saturated carbocycles. The fourth-order valence-corrected chi connectivity index (χ4v) is 3.51. The van der Waals surface area contributed by atoms with Crippen LogP contribution in [0.3, 0.4) is 0 Å².